The highest BCUT2D eigenvalue weighted by molar-refractivity contribution is 9.09. The van der Waals surface area contributed by atoms with E-state index in [9.17, 15) is 13.6 Å². The molecule has 0 radical (unpaired) electrons. The molecule has 0 aromatic carbocycles. The van der Waals surface area contributed by atoms with E-state index in [1.807, 2.05) is 0 Å². The molecule has 8 heavy (non-hydrogen) atoms. The Morgan fingerprint density at radius 3 is 2.12 bits per heavy atom. The van der Waals surface area contributed by atoms with E-state index in [0.29, 0.717) is 0 Å². The molecule has 0 heterocycles. The second kappa shape index (κ2) is 2.73. The van der Waals surface area contributed by atoms with Gasteiger partial charge in [0.1, 0.15) is 0 Å². The molecule has 0 aromatic heterocycles. The van der Waals surface area contributed by atoms with Crippen LogP contribution in [-0.2, 0) is 4.79 Å². The average molecular weight is 207 g/mol. The molecule has 0 spiro atoms. The van der Waals surface area contributed by atoms with Gasteiger partial charge < -0.3 is 0 Å². The number of alkyl halides is 4. The zero-order valence-corrected chi connectivity index (χ0v) is 5.97. The first-order valence-corrected chi connectivity index (χ1v) is 3.14. The molecule has 0 rings (SSSR count). The van der Waals surface area contributed by atoms with Gasteiger partial charge in [-0.1, -0.05) is 15.9 Å². The van der Waals surface area contributed by atoms with Crippen molar-refractivity contribution in [2.24, 2.45) is 0 Å². The summed E-state index contributed by atoms with van der Waals surface area (Å²) in [6.07, 6.45) is 0. The van der Waals surface area contributed by atoms with Crippen molar-refractivity contribution in [1.82, 2.24) is 0 Å². The third-order valence-corrected chi connectivity index (χ3v) is 1.16. The molecule has 0 saturated carbocycles. The SMILES string of the molecule is O=C(CBr)C(F)(F)Cl. The number of hydrogen-bond acceptors (Lipinski definition) is 1. The number of halogens is 4. The van der Waals surface area contributed by atoms with Crippen molar-refractivity contribution >= 4 is 33.3 Å². The van der Waals surface area contributed by atoms with Gasteiger partial charge in [0.15, 0.2) is 0 Å². The van der Waals surface area contributed by atoms with Crippen LogP contribution < -0.4 is 0 Å². The summed E-state index contributed by atoms with van der Waals surface area (Å²) in [5, 5.41) is -4.12. The third-order valence-electron chi connectivity index (χ3n) is 0.438. The highest BCUT2D eigenvalue weighted by Crippen LogP contribution is 2.20. The van der Waals surface area contributed by atoms with Crippen molar-refractivity contribution in [2.45, 2.75) is 5.38 Å². The van der Waals surface area contributed by atoms with E-state index >= 15 is 0 Å². The van der Waals surface area contributed by atoms with Crippen molar-refractivity contribution in [3.63, 3.8) is 0 Å². The molecule has 48 valence electrons. The van der Waals surface area contributed by atoms with Gasteiger partial charge in [-0.15, -0.1) is 0 Å². The van der Waals surface area contributed by atoms with Crippen LogP contribution in [0.1, 0.15) is 0 Å². The maximum absolute atomic E-state index is 11.5. The van der Waals surface area contributed by atoms with Gasteiger partial charge in [0.05, 0.1) is 5.33 Å². The fourth-order valence-electron chi connectivity index (χ4n) is 0.0758. The summed E-state index contributed by atoms with van der Waals surface area (Å²) < 4.78 is 23.0. The molecule has 0 N–H and O–H groups in total. The molecule has 5 heteroatoms. The second-order valence-electron chi connectivity index (χ2n) is 1.05. The minimum absolute atomic E-state index is 0.413. The fraction of sp³-hybridized carbons (Fsp3) is 0.667. The lowest BCUT2D eigenvalue weighted by Gasteiger charge is -2.00. The van der Waals surface area contributed by atoms with Crippen LogP contribution in [0.5, 0.6) is 0 Å². The standard InChI is InChI=1S/C3H2BrClF2O/c4-1-2(8)3(5,6)7/h1H2. The molecular weight excluding hydrogens is 205 g/mol. The van der Waals surface area contributed by atoms with Crippen LogP contribution in [0, 0.1) is 0 Å². The topological polar surface area (TPSA) is 17.1 Å². The summed E-state index contributed by atoms with van der Waals surface area (Å²) in [6, 6.07) is 0. The highest BCUT2D eigenvalue weighted by Gasteiger charge is 2.33. The number of ketones is 1. The maximum Gasteiger partial charge on any atom is 0.381 e. The van der Waals surface area contributed by atoms with Gasteiger partial charge in [-0.3, -0.25) is 4.79 Å². The molecule has 1 nitrogen and oxygen atoms in total. The summed E-state index contributed by atoms with van der Waals surface area (Å²) in [5.74, 6) is -1.32. The second-order valence-corrected chi connectivity index (χ2v) is 2.09. The summed E-state index contributed by atoms with van der Waals surface area (Å²) >= 11 is 6.81. The average Bonchev–Trinajstić information content (AvgIpc) is 1.62. The quantitative estimate of drug-likeness (QED) is 0.631. The molecule has 0 fully saturated rings. The summed E-state index contributed by atoms with van der Waals surface area (Å²) in [5.41, 5.74) is 0. The van der Waals surface area contributed by atoms with Crippen molar-refractivity contribution in [1.29, 1.82) is 0 Å². The van der Waals surface area contributed by atoms with Gasteiger partial charge in [0.25, 0.3) is 0 Å². The van der Waals surface area contributed by atoms with Gasteiger partial charge in [0, 0.05) is 0 Å². The first kappa shape index (κ1) is 8.30. The number of rotatable bonds is 2. The number of carbonyl (C=O) groups excluding carboxylic acids is 1. The van der Waals surface area contributed by atoms with Crippen molar-refractivity contribution < 1.29 is 13.6 Å². The lowest BCUT2D eigenvalue weighted by atomic mass is 10.5. The molecule has 0 unspecified atom stereocenters. The molecule has 0 bridgehead atoms. The lowest BCUT2D eigenvalue weighted by Crippen LogP contribution is -2.21. The van der Waals surface area contributed by atoms with Gasteiger partial charge in [-0.2, -0.15) is 8.78 Å². The van der Waals surface area contributed by atoms with E-state index < -0.39 is 16.5 Å². The van der Waals surface area contributed by atoms with Gasteiger partial charge >= 0.3 is 5.38 Å². The molecule has 0 aliphatic rings. The largest absolute Gasteiger partial charge is 0.381 e. The highest BCUT2D eigenvalue weighted by atomic mass is 79.9. The summed E-state index contributed by atoms with van der Waals surface area (Å²) in [7, 11) is 0. The van der Waals surface area contributed by atoms with Crippen LogP contribution in [0.3, 0.4) is 0 Å². The van der Waals surface area contributed by atoms with E-state index in [-0.39, 0.29) is 0 Å². The first-order valence-electron chi connectivity index (χ1n) is 1.64. The van der Waals surface area contributed by atoms with E-state index in [2.05, 4.69) is 27.5 Å². The van der Waals surface area contributed by atoms with Gasteiger partial charge in [0.2, 0.25) is 5.78 Å². The number of carbonyl (C=O) groups is 1. The first-order chi connectivity index (χ1) is 3.48. The lowest BCUT2D eigenvalue weighted by molar-refractivity contribution is -0.130. The molecule has 0 saturated heterocycles. The Morgan fingerprint density at radius 2 is 2.12 bits per heavy atom. The molecular formula is C3H2BrClF2O. The van der Waals surface area contributed by atoms with E-state index in [4.69, 9.17) is 0 Å². The minimum Gasteiger partial charge on any atom is -0.290 e. The Kier molecular flexibility index (Phi) is 2.83. The van der Waals surface area contributed by atoms with Crippen molar-refractivity contribution in [2.75, 3.05) is 5.33 Å². The van der Waals surface area contributed by atoms with Crippen LogP contribution in [0.2, 0.25) is 0 Å². The van der Waals surface area contributed by atoms with Crippen LogP contribution in [-0.4, -0.2) is 16.5 Å². The van der Waals surface area contributed by atoms with Gasteiger partial charge in [-0.25, -0.2) is 0 Å². The van der Waals surface area contributed by atoms with Crippen molar-refractivity contribution in [3.8, 4) is 0 Å². The minimum atomic E-state index is -3.70. The van der Waals surface area contributed by atoms with Crippen LogP contribution in [0.25, 0.3) is 0 Å². The molecule has 0 amide bonds. The van der Waals surface area contributed by atoms with E-state index in [0.717, 1.165) is 0 Å². The van der Waals surface area contributed by atoms with Crippen LogP contribution in [0.4, 0.5) is 8.78 Å². The Balaban J connectivity index is 3.82. The molecule has 0 atom stereocenters. The number of hydrogen-bond donors (Lipinski definition) is 0. The van der Waals surface area contributed by atoms with Crippen LogP contribution in [0.15, 0.2) is 0 Å². The predicted octanol–water partition coefficient (Wildman–Crippen LogP) is 1.78. The number of Topliss-reactive ketones (excluding diaryl/α,β-unsaturated/α-hetero) is 1. The summed E-state index contributed by atoms with van der Waals surface area (Å²) in [6.45, 7) is 0. The zero-order valence-electron chi connectivity index (χ0n) is 3.63. The third kappa shape index (κ3) is 2.57. The Morgan fingerprint density at radius 1 is 1.75 bits per heavy atom. The fourth-order valence-corrected chi connectivity index (χ4v) is 0.656. The van der Waals surface area contributed by atoms with E-state index in [1.165, 1.54) is 0 Å². The molecule has 0 aliphatic heterocycles. The van der Waals surface area contributed by atoms with Crippen molar-refractivity contribution in [3.05, 3.63) is 0 Å². The maximum atomic E-state index is 11.5. The zero-order chi connectivity index (χ0) is 6.78. The Bertz CT molecular complexity index is 99.9. The monoisotopic (exact) mass is 206 g/mol. The summed E-state index contributed by atoms with van der Waals surface area (Å²) in [4.78, 5) is 9.90. The van der Waals surface area contributed by atoms with Gasteiger partial charge in [-0.05, 0) is 11.6 Å². The molecule has 0 aromatic rings. The molecule has 0 aliphatic carbocycles. The predicted molar refractivity (Wildman–Crippen MR) is 29.6 cm³/mol. The Hall–Kier alpha value is 0.300. The smallest absolute Gasteiger partial charge is 0.290 e. The van der Waals surface area contributed by atoms with E-state index in [1.54, 1.807) is 0 Å². The van der Waals surface area contributed by atoms with Crippen LogP contribution >= 0.6 is 27.5 Å². The normalized spacial score (nSPS) is 11.5. The Labute approximate surface area is 58.1 Å².